The number of H-pyrrole nitrogens is 1. The maximum absolute atomic E-state index is 11.1. The molecule has 0 fully saturated rings. The minimum atomic E-state index is -0.370. The van der Waals surface area contributed by atoms with Crippen molar-refractivity contribution in [2.75, 3.05) is 5.73 Å². The molecule has 0 aromatic carbocycles. The van der Waals surface area contributed by atoms with Crippen LogP contribution in [0.1, 0.15) is 0 Å². The molecule has 0 spiro atoms. The van der Waals surface area contributed by atoms with Crippen LogP contribution in [0.5, 0.6) is 0 Å². The summed E-state index contributed by atoms with van der Waals surface area (Å²) >= 11 is 0. The molecule has 0 radical (unpaired) electrons. The summed E-state index contributed by atoms with van der Waals surface area (Å²) < 4.78 is 0. The van der Waals surface area contributed by atoms with Gasteiger partial charge in [0.2, 0.25) is 5.95 Å². The van der Waals surface area contributed by atoms with Crippen molar-refractivity contribution in [3.63, 3.8) is 0 Å². The minimum absolute atomic E-state index is 0. The third kappa shape index (κ3) is 2.12. The van der Waals surface area contributed by atoms with Gasteiger partial charge >= 0.3 is 0 Å². The summed E-state index contributed by atoms with van der Waals surface area (Å²) in [5.74, 6) is 0.0491. The molecule has 0 saturated heterocycles. The van der Waals surface area contributed by atoms with Crippen molar-refractivity contribution >= 4 is 17.1 Å². The van der Waals surface area contributed by atoms with E-state index >= 15 is 0 Å². The summed E-state index contributed by atoms with van der Waals surface area (Å²) in [6.07, 6.45) is 2.88. The van der Waals surface area contributed by atoms with Crippen LogP contribution in [0.15, 0.2) is 17.2 Å². The van der Waals surface area contributed by atoms with Crippen LogP contribution in [-0.2, 0) is 21.1 Å². The monoisotopic (exact) mass is 279 g/mol. The van der Waals surface area contributed by atoms with Crippen LogP contribution in [0.3, 0.4) is 0 Å². The van der Waals surface area contributed by atoms with Crippen LogP contribution in [0.4, 0.5) is 5.95 Å². The summed E-state index contributed by atoms with van der Waals surface area (Å²) in [5.41, 5.74) is 5.38. The molecule has 2 aromatic heterocycles. The van der Waals surface area contributed by atoms with E-state index in [2.05, 4.69) is 19.9 Å². The Kier molecular flexibility index (Phi) is 4.33. The quantitative estimate of drug-likeness (QED) is 0.564. The maximum atomic E-state index is 11.1. The minimum Gasteiger partial charge on any atom is -0.412 e. The Morgan fingerprint density at radius 1 is 1.29 bits per heavy atom. The molecular weight excluding hydrogens is 270 g/mol. The van der Waals surface area contributed by atoms with E-state index in [1.807, 2.05) is 0 Å². The van der Waals surface area contributed by atoms with E-state index in [1.165, 1.54) is 12.4 Å². The first-order chi connectivity index (χ1) is 5.77. The summed E-state index contributed by atoms with van der Waals surface area (Å²) in [4.78, 5) is 24.9. The van der Waals surface area contributed by atoms with E-state index in [0.29, 0.717) is 0 Å². The van der Waals surface area contributed by atoms with Crippen molar-refractivity contribution in [1.29, 1.82) is 0 Å². The Hall–Kier alpha value is -1.33. The first-order valence-electron chi connectivity index (χ1n) is 3.24. The molecule has 0 amide bonds. The Labute approximate surface area is 92.4 Å². The van der Waals surface area contributed by atoms with Gasteiger partial charge in [0.25, 0.3) is 5.56 Å². The second-order valence-corrected chi connectivity index (χ2v) is 2.18. The Bertz CT molecular complexity index is 485. The van der Waals surface area contributed by atoms with Gasteiger partial charge in [-0.3, -0.25) is 9.78 Å². The number of aromatic amines is 1. The summed E-state index contributed by atoms with van der Waals surface area (Å²) in [6, 6.07) is 0. The van der Waals surface area contributed by atoms with Crippen molar-refractivity contribution < 1.29 is 26.5 Å². The van der Waals surface area contributed by atoms with E-state index in [0.717, 1.165) is 0 Å². The molecule has 14 heavy (non-hydrogen) atoms. The van der Waals surface area contributed by atoms with E-state index in [4.69, 9.17) is 5.73 Å². The topological polar surface area (TPSA) is 129 Å². The van der Waals surface area contributed by atoms with Crippen LogP contribution in [0.2, 0.25) is 0 Å². The van der Waals surface area contributed by atoms with Crippen molar-refractivity contribution in [3.8, 4) is 0 Å². The molecule has 2 rings (SSSR count). The van der Waals surface area contributed by atoms with Gasteiger partial charge in [-0.25, -0.2) is 9.97 Å². The standard InChI is InChI=1S/C6H5N5O.Mo.H2O/c7-6-10-4-3(5(12)11-6)8-1-2-9-4;;/h1-2H,(H3,7,9,10,11,12);;1H2. The maximum Gasteiger partial charge on any atom is 0.280 e. The zero-order valence-electron chi connectivity index (χ0n) is 6.89. The Morgan fingerprint density at radius 2 is 1.93 bits per heavy atom. The third-order valence-electron chi connectivity index (χ3n) is 1.36. The van der Waals surface area contributed by atoms with E-state index in [1.54, 1.807) is 0 Å². The fourth-order valence-corrected chi connectivity index (χ4v) is 0.890. The molecule has 0 saturated carbocycles. The molecule has 0 aliphatic carbocycles. The summed E-state index contributed by atoms with van der Waals surface area (Å²) in [7, 11) is 0. The van der Waals surface area contributed by atoms with Gasteiger partial charge in [0.15, 0.2) is 11.2 Å². The van der Waals surface area contributed by atoms with Gasteiger partial charge in [-0.05, 0) is 0 Å². The fraction of sp³-hybridized carbons (Fsp3) is 0. The van der Waals surface area contributed by atoms with Crippen molar-refractivity contribution in [2.45, 2.75) is 0 Å². The molecule has 0 aliphatic heterocycles. The second kappa shape index (κ2) is 4.78. The smallest absolute Gasteiger partial charge is 0.280 e. The molecule has 0 bridgehead atoms. The van der Waals surface area contributed by atoms with Gasteiger partial charge < -0.3 is 11.2 Å². The SMILES string of the molecule is Nc1nc2nccnc2c(=O)[nH]1.O.[Mo]. The molecule has 7 nitrogen and oxygen atoms in total. The van der Waals surface area contributed by atoms with Crippen LogP contribution in [0, 0.1) is 0 Å². The fourth-order valence-electron chi connectivity index (χ4n) is 0.890. The van der Waals surface area contributed by atoms with Crippen LogP contribution in [0.25, 0.3) is 11.2 Å². The first-order valence-corrected chi connectivity index (χ1v) is 3.24. The van der Waals surface area contributed by atoms with E-state index in [-0.39, 0.29) is 49.2 Å². The van der Waals surface area contributed by atoms with Crippen LogP contribution >= 0.6 is 0 Å². The summed E-state index contributed by atoms with van der Waals surface area (Å²) in [6.45, 7) is 0. The van der Waals surface area contributed by atoms with Gasteiger partial charge in [-0.15, -0.1) is 0 Å². The average molecular weight is 277 g/mol. The number of anilines is 1. The number of rotatable bonds is 0. The number of aromatic nitrogens is 4. The molecule has 8 heteroatoms. The molecule has 0 atom stereocenters. The number of fused-ring (bicyclic) bond motifs is 1. The largest absolute Gasteiger partial charge is 0.412 e. The molecular formula is C6H7MoN5O2. The Morgan fingerprint density at radius 3 is 2.64 bits per heavy atom. The molecule has 74 valence electrons. The molecule has 2 heterocycles. The molecule has 2 aromatic rings. The van der Waals surface area contributed by atoms with Gasteiger partial charge in [-0.1, -0.05) is 0 Å². The van der Waals surface area contributed by atoms with E-state index in [9.17, 15) is 4.79 Å². The van der Waals surface area contributed by atoms with Gasteiger partial charge in [0.1, 0.15) is 0 Å². The van der Waals surface area contributed by atoms with E-state index < -0.39 is 0 Å². The zero-order chi connectivity index (χ0) is 8.55. The molecule has 0 aliphatic rings. The van der Waals surface area contributed by atoms with Gasteiger partial charge in [0, 0.05) is 33.5 Å². The number of nitrogens with two attached hydrogens (primary N) is 1. The average Bonchev–Trinajstić information content (AvgIpc) is 2.04. The summed E-state index contributed by atoms with van der Waals surface area (Å²) in [5, 5.41) is 0. The van der Waals surface area contributed by atoms with Gasteiger partial charge in [0.05, 0.1) is 0 Å². The van der Waals surface area contributed by atoms with Gasteiger partial charge in [-0.2, -0.15) is 4.98 Å². The molecule has 0 unspecified atom stereocenters. The van der Waals surface area contributed by atoms with Crippen LogP contribution in [-0.4, -0.2) is 25.4 Å². The number of nitrogen functional groups attached to an aromatic ring is 1. The number of hydrogen-bond donors (Lipinski definition) is 2. The van der Waals surface area contributed by atoms with Crippen molar-refractivity contribution in [1.82, 2.24) is 19.9 Å². The number of nitrogens with zero attached hydrogens (tertiary/aromatic N) is 3. The Balaban J connectivity index is 0.000000845. The van der Waals surface area contributed by atoms with Crippen molar-refractivity contribution in [2.24, 2.45) is 0 Å². The zero-order valence-corrected chi connectivity index (χ0v) is 8.90. The first kappa shape index (κ1) is 12.7. The number of hydrogen-bond acceptors (Lipinski definition) is 5. The second-order valence-electron chi connectivity index (χ2n) is 2.18. The predicted octanol–water partition coefficient (Wildman–Crippen LogP) is -1.53. The number of nitrogens with one attached hydrogen (secondary N) is 1. The van der Waals surface area contributed by atoms with Crippen LogP contribution < -0.4 is 11.3 Å². The molecule has 5 N–H and O–H groups in total. The normalized spacial score (nSPS) is 8.86. The van der Waals surface area contributed by atoms with Crippen molar-refractivity contribution in [3.05, 3.63) is 22.7 Å². The predicted molar refractivity (Wildman–Crippen MR) is 46.0 cm³/mol. The third-order valence-corrected chi connectivity index (χ3v) is 1.36.